The molecule has 9 nitrogen and oxygen atoms in total. The first kappa shape index (κ1) is 21.7. The van der Waals surface area contributed by atoms with Gasteiger partial charge in [0.15, 0.2) is 12.4 Å². The standard InChI is InChI=1S/C24H22N4O5/c1-16-22(24(31)28(27(16)2)18-9-4-3-5-10-18)26-21(29)15-33-19-11-6-8-17(14-19)25-23(30)20-12-7-13-32-20/h3-14H,15H2,1-2H3,(H,25,30)(H,26,29). The summed E-state index contributed by atoms with van der Waals surface area (Å²) >= 11 is 0. The fourth-order valence-corrected chi connectivity index (χ4v) is 3.30. The van der Waals surface area contributed by atoms with Gasteiger partial charge in [-0.25, -0.2) is 4.68 Å². The number of nitrogens with zero attached hydrogens (tertiary/aromatic N) is 2. The van der Waals surface area contributed by atoms with Gasteiger partial charge < -0.3 is 19.8 Å². The molecule has 2 amide bonds. The second kappa shape index (κ2) is 9.31. The average Bonchev–Trinajstić information content (AvgIpc) is 3.43. The summed E-state index contributed by atoms with van der Waals surface area (Å²) in [6, 6.07) is 19.0. The molecule has 0 bridgehead atoms. The predicted molar refractivity (Wildman–Crippen MR) is 123 cm³/mol. The molecule has 2 aromatic carbocycles. The molecule has 0 saturated heterocycles. The Morgan fingerprint density at radius 3 is 2.52 bits per heavy atom. The van der Waals surface area contributed by atoms with E-state index in [1.807, 2.05) is 30.3 Å². The zero-order valence-corrected chi connectivity index (χ0v) is 18.1. The molecule has 0 atom stereocenters. The van der Waals surface area contributed by atoms with Crippen LogP contribution in [-0.4, -0.2) is 27.8 Å². The number of hydrogen-bond donors (Lipinski definition) is 2. The highest BCUT2D eigenvalue weighted by Gasteiger charge is 2.18. The smallest absolute Gasteiger partial charge is 0.295 e. The minimum atomic E-state index is -0.481. The molecule has 0 unspecified atom stereocenters. The number of carbonyl (C=O) groups excluding carboxylic acids is 2. The molecule has 0 aliphatic rings. The largest absolute Gasteiger partial charge is 0.484 e. The molecular weight excluding hydrogens is 424 g/mol. The van der Waals surface area contributed by atoms with Crippen molar-refractivity contribution in [1.29, 1.82) is 0 Å². The number of nitrogens with one attached hydrogen (secondary N) is 2. The molecule has 0 aliphatic carbocycles. The second-order valence-corrected chi connectivity index (χ2v) is 7.23. The summed E-state index contributed by atoms with van der Waals surface area (Å²) in [4.78, 5) is 37.5. The van der Waals surface area contributed by atoms with Crippen molar-refractivity contribution >= 4 is 23.2 Å². The van der Waals surface area contributed by atoms with Crippen LogP contribution in [0.1, 0.15) is 16.2 Å². The Kier molecular flexibility index (Phi) is 6.12. The van der Waals surface area contributed by atoms with Gasteiger partial charge in [-0.2, -0.15) is 0 Å². The lowest BCUT2D eigenvalue weighted by Crippen LogP contribution is -2.25. The van der Waals surface area contributed by atoms with Gasteiger partial charge in [-0.1, -0.05) is 24.3 Å². The van der Waals surface area contributed by atoms with E-state index in [0.717, 1.165) is 0 Å². The number of benzene rings is 2. The molecule has 0 fully saturated rings. The minimum absolute atomic E-state index is 0.181. The molecule has 9 heteroatoms. The molecule has 2 N–H and O–H groups in total. The van der Waals surface area contributed by atoms with Crippen LogP contribution in [0.3, 0.4) is 0 Å². The number of furan rings is 1. The third-order valence-electron chi connectivity index (χ3n) is 5.03. The van der Waals surface area contributed by atoms with E-state index in [2.05, 4.69) is 10.6 Å². The van der Waals surface area contributed by atoms with Gasteiger partial charge in [0.25, 0.3) is 17.4 Å². The monoisotopic (exact) mass is 446 g/mol. The third-order valence-corrected chi connectivity index (χ3v) is 5.03. The van der Waals surface area contributed by atoms with Crippen molar-refractivity contribution < 1.29 is 18.7 Å². The maximum Gasteiger partial charge on any atom is 0.295 e. The average molecular weight is 446 g/mol. The van der Waals surface area contributed by atoms with Gasteiger partial charge in [-0.15, -0.1) is 0 Å². The first-order chi connectivity index (χ1) is 15.9. The van der Waals surface area contributed by atoms with Gasteiger partial charge in [-0.3, -0.25) is 19.1 Å². The van der Waals surface area contributed by atoms with Crippen LogP contribution < -0.4 is 20.9 Å². The zero-order valence-electron chi connectivity index (χ0n) is 18.1. The van der Waals surface area contributed by atoms with E-state index in [4.69, 9.17) is 9.15 Å². The van der Waals surface area contributed by atoms with Gasteiger partial charge >= 0.3 is 0 Å². The summed E-state index contributed by atoms with van der Waals surface area (Å²) in [6.45, 7) is 1.44. The van der Waals surface area contributed by atoms with E-state index in [9.17, 15) is 14.4 Å². The van der Waals surface area contributed by atoms with Crippen LogP contribution in [-0.2, 0) is 11.8 Å². The summed E-state index contributed by atoms with van der Waals surface area (Å²) < 4.78 is 13.8. The van der Waals surface area contributed by atoms with Crippen molar-refractivity contribution in [3.63, 3.8) is 0 Å². The molecule has 2 heterocycles. The van der Waals surface area contributed by atoms with Gasteiger partial charge in [0.1, 0.15) is 11.4 Å². The number of amides is 2. The van der Waals surface area contributed by atoms with Gasteiger partial charge in [0, 0.05) is 18.8 Å². The number of rotatable bonds is 7. The van der Waals surface area contributed by atoms with Gasteiger partial charge in [0.2, 0.25) is 0 Å². The van der Waals surface area contributed by atoms with E-state index in [-0.39, 0.29) is 23.6 Å². The Morgan fingerprint density at radius 1 is 1.00 bits per heavy atom. The summed E-state index contributed by atoms with van der Waals surface area (Å²) in [5, 5.41) is 5.34. The fraction of sp³-hybridized carbons (Fsp3) is 0.125. The summed E-state index contributed by atoms with van der Waals surface area (Å²) in [6.07, 6.45) is 1.41. The Hall–Kier alpha value is -4.53. The van der Waals surface area contributed by atoms with E-state index in [0.29, 0.717) is 22.8 Å². The SMILES string of the molecule is Cc1c(NC(=O)COc2cccc(NC(=O)c3ccco3)c2)c(=O)n(-c2ccccc2)n1C. The number of para-hydroxylation sites is 1. The Balaban J connectivity index is 1.41. The van der Waals surface area contributed by atoms with Crippen molar-refractivity contribution in [1.82, 2.24) is 9.36 Å². The number of carbonyl (C=O) groups is 2. The molecule has 0 aliphatic heterocycles. The molecule has 4 aromatic rings. The predicted octanol–water partition coefficient (Wildman–Crippen LogP) is 3.35. The van der Waals surface area contributed by atoms with Crippen LogP contribution in [0.25, 0.3) is 5.69 Å². The normalized spacial score (nSPS) is 10.6. The molecular formula is C24H22N4O5. The van der Waals surface area contributed by atoms with Crippen LogP contribution >= 0.6 is 0 Å². The lowest BCUT2D eigenvalue weighted by molar-refractivity contribution is -0.118. The number of ether oxygens (including phenoxy) is 1. The van der Waals surface area contributed by atoms with Crippen LogP contribution in [0.5, 0.6) is 5.75 Å². The fourth-order valence-electron chi connectivity index (χ4n) is 3.30. The summed E-state index contributed by atoms with van der Waals surface area (Å²) in [7, 11) is 1.75. The third kappa shape index (κ3) is 4.72. The highest BCUT2D eigenvalue weighted by atomic mass is 16.5. The molecule has 2 aromatic heterocycles. The molecule has 0 spiro atoms. The maximum atomic E-state index is 12.9. The summed E-state index contributed by atoms with van der Waals surface area (Å²) in [5.41, 5.74) is 1.64. The van der Waals surface area contributed by atoms with Crippen molar-refractivity contribution in [3.8, 4) is 11.4 Å². The maximum absolute atomic E-state index is 12.9. The topological polar surface area (TPSA) is 108 Å². The number of anilines is 2. The Bertz CT molecular complexity index is 1340. The first-order valence-electron chi connectivity index (χ1n) is 10.2. The van der Waals surface area contributed by atoms with E-state index >= 15 is 0 Å². The molecule has 0 saturated carbocycles. The van der Waals surface area contributed by atoms with Gasteiger partial charge in [0.05, 0.1) is 17.6 Å². The quantitative estimate of drug-likeness (QED) is 0.453. The van der Waals surface area contributed by atoms with Crippen molar-refractivity contribution in [2.45, 2.75) is 6.92 Å². The van der Waals surface area contributed by atoms with Crippen LogP contribution in [0.4, 0.5) is 11.4 Å². The molecule has 4 rings (SSSR count). The zero-order chi connectivity index (χ0) is 23.4. The van der Waals surface area contributed by atoms with E-state index in [1.54, 1.807) is 55.1 Å². The number of hydrogen-bond acceptors (Lipinski definition) is 5. The highest BCUT2D eigenvalue weighted by Crippen LogP contribution is 2.19. The van der Waals surface area contributed by atoms with Crippen LogP contribution in [0.15, 0.2) is 82.2 Å². The lowest BCUT2D eigenvalue weighted by atomic mass is 10.3. The minimum Gasteiger partial charge on any atom is -0.484 e. The highest BCUT2D eigenvalue weighted by molar-refractivity contribution is 6.02. The lowest BCUT2D eigenvalue weighted by Gasteiger charge is -2.09. The van der Waals surface area contributed by atoms with Gasteiger partial charge in [-0.05, 0) is 43.3 Å². The molecule has 168 valence electrons. The van der Waals surface area contributed by atoms with Crippen molar-refractivity contribution in [2.75, 3.05) is 17.2 Å². The molecule has 33 heavy (non-hydrogen) atoms. The molecule has 0 radical (unpaired) electrons. The van der Waals surface area contributed by atoms with Crippen molar-refractivity contribution in [3.05, 3.63) is 94.8 Å². The van der Waals surface area contributed by atoms with E-state index < -0.39 is 11.8 Å². The van der Waals surface area contributed by atoms with Crippen LogP contribution in [0, 0.1) is 6.92 Å². The summed E-state index contributed by atoms with van der Waals surface area (Å²) in [5.74, 6) is -0.316. The van der Waals surface area contributed by atoms with E-state index in [1.165, 1.54) is 10.9 Å². The first-order valence-corrected chi connectivity index (χ1v) is 10.2. The van der Waals surface area contributed by atoms with Crippen LogP contribution in [0.2, 0.25) is 0 Å². The second-order valence-electron chi connectivity index (χ2n) is 7.23. The number of aromatic nitrogens is 2. The Labute approximate surface area is 189 Å². The Morgan fingerprint density at radius 2 is 1.79 bits per heavy atom. The van der Waals surface area contributed by atoms with Crippen molar-refractivity contribution in [2.24, 2.45) is 7.05 Å².